The summed E-state index contributed by atoms with van der Waals surface area (Å²) in [5.41, 5.74) is 10.0. The first-order valence-corrected chi connectivity index (χ1v) is 2.48. The van der Waals surface area contributed by atoms with Crippen molar-refractivity contribution in [2.45, 2.75) is 6.42 Å². The van der Waals surface area contributed by atoms with Gasteiger partial charge in [0.2, 0.25) is 5.91 Å². The first-order chi connectivity index (χ1) is 3.81. The highest BCUT2D eigenvalue weighted by molar-refractivity contribution is 5.75. The van der Waals surface area contributed by atoms with Gasteiger partial charge < -0.3 is 16.8 Å². The Morgan fingerprint density at radius 1 is 1.50 bits per heavy atom. The van der Waals surface area contributed by atoms with Gasteiger partial charge in [0.05, 0.1) is 6.67 Å². The van der Waals surface area contributed by atoms with Crippen LogP contribution in [0.3, 0.4) is 0 Å². The highest BCUT2D eigenvalue weighted by atomic mass is 16.1. The van der Waals surface area contributed by atoms with Gasteiger partial charge in [-0.05, 0) is 0 Å². The summed E-state index contributed by atoms with van der Waals surface area (Å²) in [6.07, 6.45) is 0.358. The Hall–Kier alpha value is -0.610. The second kappa shape index (κ2) is 4.55. The van der Waals surface area contributed by atoms with E-state index < -0.39 is 0 Å². The van der Waals surface area contributed by atoms with Crippen LogP contribution >= 0.6 is 0 Å². The predicted octanol–water partition coefficient (Wildman–Crippen LogP) is -1.63. The molecule has 0 aromatic carbocycles. The smallest absolute Gasteiger partial charge is 0.222 e. The fourth-order valence-corrected chi connectivity index (χ4v) is 0.333. The largest absolute Gasteiger partial charge is 0.344 e. The van der Waals surface area contributed by atoms with Gasteiger partial charge in [-0.25, -0.2) is 0 Å². The first-order valence-electron chi connectivity index (χ1n) is 2.48. The summed E-state index contributed by atoms with van der Waals surface area (Å²) in [6.45, 7) is 0.574. The van der Waals surface area contributed by atoms with Crippen LogP contribution in [0.4, 0.5) is 0 Å². The van der Waals surface area contributed by atoms with Crippen LogP contribution in [0.15, 0.2) is 0 Å². The maximum atomic E-state index is 10.4. The Bertz CT molecular complexity index is 65.7. The zero-order valence-electron chi connectivity index (χ0n) is 4.68. The van der Waals surface area contributed by atoms with E-state index in [9.17, 15) is 4.79 Å². The van der Waals surface area contributed by atoms with Crippen molar-refractivity contribution in [3.63, 3.8) is 0 Å². The summed E-state index contributed by atoms with van der Waals surface area (Å²) in [4.78, 5) is 10.4. The quantitative estimate of drug-likeness (QED) is 0.388. The molecule has 0 rings (SSSR count). The molecule has 0 saturated carbocycles. The summed E-state index contributed by atoms with van der Waals surface area (Å²) in [7, 11) is 0. The summed E-state index contributed by atoms with van der Waals surface area (Å²) in [5.74, 6) is -0.0880. The number of hydrogen-bond acceptors (Lipinski definition) is 3. The van der Waals surface area contributed by atoms with Crippen molar-refractivity contribution >= 4 is 5.91 Å². The average Bonchev–Trinajstić information content (AvgIpc) is 1.68. The highest BCUT2D eigenvalue weighted by Gasteiger charge is 1.93. The third-order valence-electron chi connectivity index (χ3n) is 0.671. The SMILES string of the molecule is NCCC(=O)NCN. The Labute approximate surface area is 48.2 Å². The normalized spacial score (nSPS) is 8.75. The third kappa shape index (κ3) is 3.58. The lowest BCUT2D eigenvalue weighted by Crippen LogP contribution is -2.30. The van der Waals surface area contributed by atoms with Crippen LogP contribution in [0.2, 0.25) is 0 Å². The second-order valence-corrected chi connectivity index (χ2v) is 1.34. The molecule has 0 radical (unpaired) electrons. The summed E-state index contributed by atoms with van der Waals surface area (Å²) >= 11 is 0. The molecule has 5 N–H and O–H groups in total. The van der Waals surface area contributed by atoms with E-state index in [1.165, 1.54) is 0 Å². The van der Waals surface area contributed by atoms with Gasteiger partial charge in [-0.2, -0.15) is 0 Å². The fraction of sp³-hybridized carbons (Fsp3) is 0.750. The van der Waals surface area contributed by atoms with Crippen LogP contribution < -0.4 is 16.8 Å². The lowest BCUT2D eigenvalue weighted by atomic mass is 10.4. The van der Waals surface area contributed by atoms with Crippen molar-refractivity contribution in [3.05, 3.63) is 0 Å². The van der Waals surface area contributed by atoms with Crippen molar-refractivity contribution < 1.29 is 4.79 Å². The molecule has 0 aliphatic rings. The molecule has 0 spiro atoms. The van der Waals surface area contributed by atoms with Crippen LogP contribution in [0.1, 0.15) is 6.42 Å². The predicted molar refractivity (Wildman–Crippen MR) is 30.9 cm³/mol. The van der Waals surface area contributed by atoms with Gasteiger partial charge in [0, 0.05) is 13.0 Å². The van der Waals surface area contributed by atoms with Crippen molar-refractivity contribution in [2.75, 3.05) is 13.2 Å². The topological polar surface area (TPSA) is 81.1 Å². The summed E-state index contributed by atoms with van der Waals surface area (Å²) in [5, 5.41) is 2.41. The molecule has 0 aliphatic carbocycles. The van der Waals surface area contributed by atoms with Gasteiger partial charge in [0.1, 0.15) is 0 Å². The molecule has 0 fully saturated rings. The number of carbonyl (C=O) groups excluding carboxylic acids is 1. The monoisotopic (exact) mass is 117 g/mol. The maximum Gasteiger partial charge on any atom is 0.222 e. The van der Waals surface area contributed by atoms with Crippen molar-refractivity contribution in [1.29, 1.82) is 0 Å². The summed E-state index contributed by atoms with van der Waals surface area (Å²) in [6, 6.07) is 0. The van der Waals surface area contributed by atoms with Crippen LogP contribution in [-0.4, -0.2) is 19.1 Å². The third-order valence-corrected chi connectivity index (χ3v) is 0.671. The van der Waals surface area contributed by atoms with Crippen LogP contribution in [0.5, 0.6) is 0 Å². The molecular formula is C4H11N3O. The highest BCUT2D eigenvalue weighted by Crippen LogP contribution is 1.69. The zero-order chi connectivity index (χ0) is 6.41. The van der Waals surface area contributed by atoms with Crippen molar-refractivity contribution in [3.8, 4) is 0 Å². The van der Waals surface area contributed by atoms with Gasteiger partial charge in [-0.1, -0.05) is 0 Å². The van der Waals surface area contributed by atoms with E-state index in [1.807, 2.05) is 0 Å². The minimum Gasteiger partial charge on any atom is -0.344 e. The molecule has 0 unspecified atom stereocenters. The standard InChI is InChI=1S/C4H11N3O/c5-2-1-4(8)7-3-6/h1-3,5-6H2,(H,7,8). The Morgan fingerprint density at radius 2 is 2.12 bits per heavy atom. The lowest BCUT2D eigenvalue weighted by Gasteiger charge is -1.96. The molecule has 0 aromatic heterocycles. The van der Waals surface area contributed by atoms with E-state index in [1.54, 1.807) is 0 Å². The number of rotatable bonds is 3. The lowest BCUT2D eigenvalue weighted by molar-refractivity contribution is -0.120. The Kier molecular flexibility index (Phi) is 4.20. The molecule has 48 valence electrons. The molecule has 8 heavy (non-hydrogen) atoms. The van der Waals surface area contributed by atoms with E-state index in [2.05, 4.69) is 5.32 Å². The molecule has 1 amide bonds. The molecule has 0 saturated heterocycles. The minimum absolute atomic E-state index is 0.0880. The average molecular weight is 117 g/mol. The molecular weight excluding hydrogens is 106 g/mol. The van der Waals surface area contributed by atoms with Crippen LogP contribution in [0, 0.1) is 0 Å². The molecule has 4 heteroatoms. The van der Waals surface area contributed by atoms with E-state index in [4.69, 9.17) is 11.5 Å². The first kappa shape index (κ1) is 7.39. The van der Waals surface area contributed by atoms with Gasteiger partial charge in [-0.15, -0.1) is 0 Å². The number of hydrogen-bond donors (Lipinski definition) is 3. The Balaban J connectivity index is 3.06. The van der Waals surface area contributed by atoms with Gasteiger partial charge in [0.25, 0.3) is 0 Å². The van der Waals surface area contributed by atoms with Gasteiger partial charge >= 0.3 is 0 Å². The molecule has 0 aromatic rings. The molecule has 0 aliphatic heterocycles. The zero-order valence-corrected chi connectivity index (χ0v) is 4.68. The van der Waals surface area contributed by atoms with E-state index in [0.717, 1.165) is 0 Å². The second-order valence-electron chi connectivity index (χ2n) is 1.34. The van der Waals surface area contributed by atoms with Crippen LogP contribution in [-0.2, 0) is 4.79 Å². The number of amides is 1. The number of carbonyl (C=O) groups is 1. The maximum absolute atomic E-state index is 10.4. The molecule has 0 bridgehead atoms. The van der Waals surface area contributed by atoms with Crippen LogP contribution in [0.25, 0.3) is 0 Å². The molecule has 4 nitrogen and oxygen atoms in total. The summed E-state index contributed by atoms with van der Waals surface area (Å²) < 4.78 is 0. The fourth-order valence-electron chi connectivity index (χ4n) is 0.333. The van der Waals surface area contributed by atoms with Crippen molar-refractivity contribution in [2.24, 2.45) is 11.5 Å². The number of nitrogens with one attached hydrogen (secondary N) is 1. The van der Waals surface area contributed by atoms with Gasteiger partial charge in [0.15, 0.2) is 0 Å². The molecule has 0 atom stereocenters. The van der Waals surface area contributed by atoms with E-state index >= 15 is 0 Å². The van der Waals surface area contributed by atoms with Gasteiger partial charge in [-0.3, -0.25) is 4.79 Å². The Morgan fingerprint density at radius 3 is 2.50 bits per heavy atom. The molecule has 0 heterocycles. The van der Waals surface area contributed by atoms with E-state index in [0.29, 0.717) is 13.0 Å². The number of nitrogens with two attached hydrogens (primary N) is 2. The van der Waals surface area contributed by atoms with Crippen molar-refractivity contribution in [1.82, 2.24) is 5.32 Å². The van der Waals surface area contributed by atoms with E-state index in [-0.39, 0.29) is 12.6 Å². The minimum atomic E-state index is -0.0880.